The molecule has 3 heterocycles. The van der Waals surface area contributed by atoms with Crippen molar-refractivity contribution in [1.82, 2.24) is 13.9 Å². The number of nitrogens with one attached hydrogen (secondary N) is 1. The van der Waals surface area contributed by atoms with Gasteiger partial charge in [-0.05, 0) is 50.8 Å². The Morgan fingerprint density at radius 3 is 2.56 bits per heavy atom. The largest absolute Gasteiger partial charge is 0.365 e. The number of rotatable bonds is 5. The average molecular weight is 516 g/mol. The van der Waals surface area contributed by atoms with Gasteiger partial charge in [0.2, 0.25) is 0 Å². The summed E-state index contributed by atoms with van der Waals surface area (Å²) >= 11 is 0. The van der Waals surface area contributed by atoms with Crippen LogP contribution in [0.3, 0.4) is 0 Å². The second-order valence-corrected chi connectivity index (χ2v) is 10.9. The molecule has 0 radical (unpaired) electrons. The van der Waals surface area contributed by atoms with Gasteiger partial charge in [0.25, 0.3) is 10.0 Å². The van der Waals surface area contributed by atoms with Gasteiger partial charge >= 0.3 is 0 Å². The molecule has 0 amide bonds. The topological polar surface area (TPSA) is 103 Å². The Kier molecular flexibility index (Phi) is 6.21. The Hall–Kier alpha value is -3.44. The molecule has 5 rings (SSSR count). The zero-order valence-electron chi connectivity index (χ0n) is 19.4. The number of nitrogens with two attached hydrogens (primary N) is 1. The molecule has 1 aliphatic carbocycles. The van der Waals surface area contributed by atoms with E-state index >= 15 is 4.39 Å². The number of nitrogens with zero attached hydrogens (tertiary/aromatic N) is 3. The van der Waals surface area contributed by atoms with Crippen LogP contribution >= 0.6 is 0 Å². The van der Waals surface area contributed by atoms with E-state index in [9.17, 15) is 17.2 Å². The molecule has 1 aromatic carbocycles. The van der Waals surface area contributed by atoms with Gasteiger partial charge in [-0.15, -0.1) is 0 Å². The third-order valence-corrected chi connectivity index (χ3v) is 8.06. The van der Waals surface area contributed by atoms with Crippen molar-refractivity contribution >= 4 is 26.9 Å². The molecule has 3 N–H and O–H groups in total. The fourth-order valence-corrected chi connectivity index (χ4v) is 5.88. The van der Waals surface area contributed by atoms with Crippen LogP contribution in [0.25, 0.3) is 22.3 Å². The molecule has 2 atom stereocenters. The van der Waals surface area contributed by atoms with Gasteiger partial charge in [-0.25, -0.2) is 35.5 Å². The molecular weight excluding hydrogens is 491 g/mol. The summed E-state index contributed by atoms with van der Waals surface area (Å²) in [4.78, 5) is 8.10. The van der Waals surface area contributed by atoms with Crippen LogP contribution in [-0.4, -0.2) is 34.4 Å². The number of aryl methyl sites for hydroxylation is 1. The highest BCUT2D eigenvalue weighted by atomic mass is 32.2. The number of aromatic nitrogens is 3. The van der Waals surface area contributed by atoms with Crippen LogP contribution in [-0.2, 0) is 10.0 Å². The van der Waals surface area contributed by atoms with Crippen molar-refractivity contribution in [2.24, 2.45) is 5.73 Å². The lowest BCUT2D eigenvalue weighted by molar-refractivity contribution is 0.407. The predicted octanol–water partition coefficient (Wildman–Crippen LogP) is 4.74. The van der Waals surface area contributed by atoms with Crippen molar-refractivity contribution < 1.29 is 21.6 Å². The number of halogens is 3. The minimum atomic E-state index is -4.16. The number of fused-ring (bicyclic) bond motifs is 1. The maximum Gasteiger partial charge on any atom is 0.269 e. The lowest BCUT2D eigenvalue weighted by Crippen LogP contribution is -2.35. The molecule has 0 aliphatic heterocycles. The number of hydrogen-bond donors (Lipinski definition) is 2. The molecule has 0 bridgehead atoms. The number of hydrogen-bond acceptors (Lipinski definition) is 6. The zero-order valence-corrected chi connectivity index (χ0v) is 20.2. The Morgan fingerprint density at radius 2 is 1.83 bits per heavy atom. The van der Waals surface area contributed by atoms with E-state index in [0.29, 0.717) is 12.5 Å². The Labute approximate surface area is 206 Å². The second kappa shape index (κ2) is 9.21. The highest BCUT2D eigenvalue weighted by molar-refractivity contribution is 7.90. The lowest BCUT2D eigenvalue weighted by Gasteiger charge is -2.28. The van der Waals surface area contributed by atoms with E-state index in [0.717, 1.165) is 47.3 Å². The molecule has 0 saturated heterocycles. The number of pyridine rings is 2. The minimum Gasteiger partial charge on any atom is -0.365 e. The number of anilines is 1. The number of benzene rings is 1. The molecule has 11 heteroatoms. The molecule has 1 fully saturated rings. The van der Waals surface area contributed by atoms with Crippen molar-refractivity contribution in [3.63, 3.8) is 0 Å². The van der Waals surface area contributed by atoms with E-state index in [4.69, 9.17) is 5.73 Å². The summed E-state index contributed by atoms with van der Waals surface area (Å²) in [5, 5.41) is 3.02. The smallest absolute Gasteiger partial charge is 0.269 e. The highest BCUT2D eigenvalue weighted by Crippen LogP contribution is 2.35. The first kappa shape index (κ1) is 24.3. The van der Waals surface area contributed by atoms with Crippen molar-refractivity contribution in [3.05, 3.63) is 71.8 Å². The molecule has 188 valence electrons. The standard InChI is InChI=1S/C25H24F3N5O2S/c1-14-5-7-18(8-6-14)36(34,35)33-13-20(19-9-15(26)12-30-25(19)33)23-21(27)11-22(28)24(32-23)31-17-4-2-3-16(29)10-17/h5-9,11-13,16-17H,2-4,10,29H2,1H3,(H,31,32)/t16-,17+/m1/s1. The van der Waals surface area contributed by atoms with Gasteiger partial charge in [0.15, 0.2) is 23.1 Å². The summed E-state index contributed by atoms with van der Waals surface area (Å²) in [5.74, 6) is -2.84. The molecule has 36 heavy (non-hydrogen) atoms. The van der Waals surface area contributed by atoms with Crippen LogP contribution in [0, 0.1) is 24.4 Å². The molecule has 1 aliphatic rings. The van der Waals surface area contributed by atoms with Gasteiger partial charge in [0.1, 0.15) is 11.5 Å². The van der Waals surface area contributed by atoms with Crippen LogP contribution in [0.2, 0.25) is 0 Å². The maximum atomic E-state index is 15.0. The maximum absolute atomic E-state index is 15.0. The van der Waals surface area contributed by atoms with Gasteiger partial charge in [0.05, 0.1) is 11.1 Å². The first-order valence-corrected chi connectivity index (χ1v) is 12.9. The van der Waals surface area contributed by atoms with Gasteiger partial charge in [-0.1, -0.05) is 17.7 Å². The van der Waals surface area contributed by atoms with E-state index in [2.05, 4.69) is 15.3 Å². The molecule has 1 saturated carbocycles. The summed E-state index contributed by atoms with van der Waals surface area (Å²) < 4.78 is 71.6. The lowest BCUT2D eigenvalue weighted by atomic mass is 9.91. The Balaban J connectivity index is 1.65. The zero-order chi connectivity index (χ0) is 25.6. The SMILES string of the molecule is Cc1ccc(S(=O)(=O)n2cc(-c3nc(N[C@H]4CCC[C@@H](N)C4)c(F)cc3F)c3cc(F)cnc32)cc1. The van der Waals surface area contributed by atoms with Crippen molar-refractivity contribution in [2.45, 2.75) is 49.6 Å². The van der Waals surface area contributed by atoms with Gasteiger partial charge < -0.3 is 11.1 Å². The average Bonchev–Trinajstić information content (AvgIpc) is 3.20. The molecule has 7 nitrogen and oxygen atoms in total. The summed E-state index contributed by atoms with van der Waals surface area (Å²) in [6, 6.07) is 7.72. The third-order valence-electron chi connectivity index (χ3n) is 6.40. The normalized spacial score (nSPS) is 18.5. The Morgan fingerprint density at radius 1 is 1.08 bits per heavy atom. The van der Waals surface area contributed by atoms with Gasteiger partial charge in [-0.3, -0.25) is 0 Å². The highest BCUT2D eigenvalue weighted by Gasteiger charge is 2.27. The molecular formula is C25H24F3N5O2S. The Bertz CT molecular complexity index is 1550. The fourth-order valence-electron chi connectivity index (χ4n) is 4.56. The van der Waals surface area contributed by atoms with Crippen molar-refractivity contribution in [2.75, 3.05) is 5.32 Å². The first-order chi connectivity index (χ1) is 17.1. The van der Waals surface area contributed by atoms with E-state index in [1.165, 1.54) is 12.1 Å². The quantitative estimate of drug-likeness (QED) is 0.398. The second-order valence-electron chi connectivity index (χ2n) is 9.10. The minimum absolute atomic E-state index is 0.0220. The fraction of sp³-hybridized carbons (Fsp3) is 0.280. The van der Waals surface area contributed by atoms with Gasteiger partial charge in [-0.2, -0.15) is 0 Å². The molecule has 4 aromatic rings. The van der Waals surface area contributed by atoms with Crippen LogP contribution < -0.4 is 11.1 Å². The van der Waals surface area contributed by atoms with Crippen molar-refractivity contribution in [1.29, 1.82) is 0 Å². The van der Waals surface area contributed by atoms with E-state index in [1.54, 1.807) is 12.1 Å². The summed E-state index contributed by atoms with van der Waals surface area (Å²) in [5.41, 5.74) is 6.42. The first-order valence-electron chi connectivity index (χ1n) is 11.5. The molecule has 0 unspecified atom stereocenters. The monoisotopic (exact) mass is 515 g/mol. The van der Waals surface area contributed by atoms with Crippen LogP contribution in [0.5, 0.6) is 0 Å². The van der Waals surface area contributed by atoms with Crippen LogP contribution in [0.1, 0.15) is 31.2 Å². The third kappa shape index (κ3) is 4.44. The molecule has 3 aromatic heterocycles. The molecule has 0 spiro atoms. The van der Waals surface area contributed by atoms with Gasteiger partial charge in [0, 0.05) is 35.3 Å². The summed E-state index contributed by atoms with van der Waals surface area (Å²) in [6.45, 7) is 1.82. The van der Waals surface area contributed by atoms with E-state index < -0.39 is 27.5 Å². The van der Waals surface area contributed by atoms with E-state index in [1.807, 2.05) is 6.92 Å². The predicted molar refractivity (Wildman–Crippen MR) is 130 cm³/mol. The van der Waals surface area contributed by atoms with Crippen LogP contribution in [0.15, 0.2) is 53.7 Å². The van der Waals surface area contributed by atoms with Crippen LogP contribution in [0.4, 0.5) is 19.0 Å². The van der Waals surface area contributed by atoms with E-state index in [-0.39, 0.29) is 45.1 Å². The summed E-state index contributed by atoms with van der Waals surface area (Å²) in [7, 11) is -4.16. The van der Waals surface area contributed by atoms with Crippen molar-refractivity contribution in [3.8, 4) is 11.3 Å². The summed E-state index contributed by atoms with van der Waals surface area (Å²) in [6.07, 6.45) is 5.11.